The van der Waals surface area contributed by atoms with E-state index >= 15 is 0 Å². The number of ether oxygens (including phenoxy) is 1. The average Bonchev–Trinajstić information content (AvgIpc) is 2.77. The molecule has 0 radical (unpaired) electrons. The summed E-state index contributed by atoms with van der Waals surface area (Å²) >= 11 is 0. The van der Waals surface area contributed by atoms with Gasteiger partial charge < -0.3 is 14.7 Å². The molecular formula is C11H19NO3. The number of aliphatic hydroxyl groups is 1. The van der Waals surface area contributed by atoms with Gasteiger partial charge in [-0.15, -0.1) is 0 Å². The van der Waals surface area contributed by atoms with E-state index in [0.717, 1.165) is 38.8 Å². The lowest BCUT2D eigenvalue weighted by Gasteiger charge is -2.29. The summed E-state index contributed by atoms with van der Waals surface area (Å²) in [6, 6.07) is 0.0550. The highest BCUT2D eigenvalue weighted by Gasteiger charge is 2.33. The first-order valence-electron chi connectivity index (χ1n) is 5.82. The first kappa shape index (κ1) is 10.9. The minimum atomic E-state index is 0.0332. The van der Waals surface area contributed by atoms with E-state index in [2.05, 4.69) is 0 Å². The zero-order valence-corrected chi connectivity index (χ0v) is 9.02. The van der Waals surface area contributed by atoms with Crippen LogP contribution in [0.3, 0.4) is 0 Å². The molecule has 2 rings (SSSR count). The summed E-state index contributed by atoms with van der Waals surface area (Å²) in [5, 5.41) is 9.16. The molecule has 2 saturated heterocycles. The van der Waals surface area contributed by atoms with E-state index in [9.17, 15) is 4.79 Å². The van der Waals surface area contributed by atoms with Crippen LogP contribution >= 0.6 is 0 Å². The van der Waals surface area contributed by atoms with Crippen molar-refractivity contribution in [3.63, 3.8) is 0 Å². The standard InChI is InChI=1S/C11H19NO3/c13-7-10-4-1-5-12(10)11(14)9-3-2-6-15-8-9/h9-10,13H,1-8H2/t9?,10-/m1/s1. The number of nitrogens with zero attached hydrogens (tertiary/aromatic N) is 1. The van der Waals surface area contributed by atoms with Crippen molar-refractivity contribution in [3.05, 3.63) is 0 Å². The third-order valence-corrected chi connectivity index (χ3v) is 3.38. The molecule has 1 N–H and O–H groups in total. The summed E-state index contributed by atoms with van der Waals surface area (Å²) in [5.41, 5.74) is 0. The predicted octanol–water partition coefficient (Wildman–Crippen LogP) is 0.396. The summed E-state index contributed by atoms with van der Waals surface area (Å²) in [4.78, 5) is 14.0. The van der Waals surface area contributed by atoms with Gasteiger partial charge in [0.25, 0.3) is 0 Å². The highest BCUT2D eigenvalue weighted by Crippen LogP contribution is 2.23. The van der Waals surface area contributed by atoms with E-state index in [1.807, 2.05) is 4.90 Å². The van der Waals surface area contributed by atoms with Crippen molar-refractivity contribution in [2.45, 2.75) is 31.7 Å². The summed E-state index contributed by atoms with van der Waals surface area (Å²) in [7, 11) is 0. The van der Waals surface area contributed by atoms with Crippen molar-refractivity contribution in [2.75, 3.05) is 26.4 Å². The van der Waals surface area contributed by atoms with Crippen LogP contribution in [0.25, 0.3) is 0 Å². The van der Waals surface area contributed by atoms with Gasteiger partial charge in [-0.25, -0.2) is 0 Å². The molecule has 2 aliphatic rings. The lowest BCUT2D eigenvalue weighted by Crippen LogP contribution is -2.43. The molecule has 2 aliphatic heterocycles. The first-order chi connectivity index (χ1) is 7.33. The Morgan fingerprint density at radius 1 is 1.40 bits per heavy atom. The Bertz CT molecular complexity index is 226. The van der Waals surface area contributed by atoms with E-state index in [1.165, 1.54) is 0 Å². The molecule has 86 valence electrons. The third kappa shape index (κ3) is 2.32. The fourth-order valence-electron chi connectivity index (χ4n) is 2.49. The van der Waals surface area contributed by atoms with Crippen molar-refractivity contribution in [2.24, 2.45) is 5.92 Å². The first-order valence-corrected chi connectivity index (χ1v) is 5.82. The van der Waals surface area contributed by atoms with Crippen LogP contribution in [0.1, 0.15) is 25.7 Å². The highest BCUT2D eigenvalue weighted by molar-refractivity contribution is 5.79. The molecule has 0 spiro atoms. The van der Waals surface area contributed by atoms with Crippen LogP contribution in [-0.2, 0) is 9.53 Å². The van der Waals surface area contributed by atoms with Crippen molar-refractivity contribution >= 4 is 5.91 Å². The molecule has 15 heavy (non-hydrogen) atoms. The maximum Gasteiger partial charge on any atom is 0.228 e. The molecule has 2 atom stereocenters. The molecule has 0 aromatic rings. The molecule has 0 aromatic heterocycles. The maximum atomic E-state index is 12.1. The molecule has 2 heterocycles. The number of hydrogen-bond acceptors (Lipinski definition) is 3. The molecule has 0 aromatic carbocycles. The van der Waals surface area contributed by atoms with Gasteiger partial charge in [0.1, 0.15) is 0 Å². The third-order valence-electron chi connectivity index (χ3n) is 3.38. The number of likely N-dealkylation sites (tertiary alicyclic amines) is 1. The van der Waals surface area contributed by atoms with Gasteiger partial charge in [-0.2, -0.15) is 0 Å². The number of carbonyl (C=O) groups is 1. The van der Waals surface area contributed by atoms with Crippen molar-refractivity contribution in [1.29, 1.82) is 0 Å². The lowest BCUT2D eigenvalue weighted by molar-refractivity contribution is -0.141. The van der Waals surface area contributed by atoms with E-state index in [1.54, 1.807) is 0 Å². The van der Waals surface area contributed by atoms with Crippen LogP contribution in [-0.4, -0.2) is 48.3 Å². The molecule has 4 nitrogen and oxygen atoms in total. The van der Waals surface area contributed by atoms with Gasteiger partial charge in [0.2, 0.25) is 5.91 Å². The quantitative estimate of drug-likeness (QED) is 0.722. The van der Waals surface area contributed by atoms with E-state index in [-0.39, 0.29) is 24.5 Å². The van der Waals surface area contributed by atoms with Gasteiger partial charge in [-0.05, 0) is 25.7 Å². The zero-order chi connectivity index (χ0) is 10.7. The average molecular weight is 213 g/mol. The van der Waals surface area contributed by atoms with Gasteiger partial charge in [0.05, 0.1) is 25.2 Å². The van der Waals surface area contributed by atoms with Crippen molar-refractivity contribution in [1.82, 2.24) is 4.90 Å². The summed E-state index contributed by atoms with van der Waals surface area (Å²) in [6.07, 6.45) is 3.88. The SMILES string of the molecule is O=C(C1CCCOC1)N1CCC[C@@H]1CO. The van der Waals surface area contributed by atoms with Crippen LogP contribution in [0.2, 0.25) is 0 Å². The van der Waals surface area contributed by atoms with Gasteiger partial charge >= 0.3 is 0 Å². The van der Waals surface area contributed by atoms with Gasteiger partial charge in [-0.3, -0.25) is 4.79 Å². The molecule has 2 fully saturated rings. The van der Waals surface area contributed by atoms with E-state index in [0.29, 0.717) is 6.61 Å². The summed E-state index contributed by atoms with van der Waals surface area (Å²) in [5.74, 6) is 0.220. The molecule has 0 bridgehead atoms. The van der Waals surface area contributed by atoms with Crippen LogP contribution in [0.4, 0.5) is 0 Å². The monoisotopic (exact) mass is 213 g/mol. The maximum absolute atomic E-state index is 12.1. The fraction of sp³-hybridized carbons (Fsp3) is 0.909. The molecule has 0 saturated carbocycles. The zero-order valence-electron chi connectivity index (χ0n) is 9.02. The van der Waals surface area contributed by atoms with Crippen LogP contribution in [0.15, 0.2) is 0 Å². The Morgan fingerprint density at radius 2 is 2.27 bits per heavy atom. The molecular weight excluding hydrogens is 194 g/mol. The van der Waals surface area contributed by atoms with Crippen LogP contribution in [0, 0.1) is 5.92 Å². The Kier molecular flexibility index (Phi) is 3.59. The van der Waals surface area contributed by atoms with Crippen LogP contribution in [0.5, 0.6) is 0 Å². The number of hydrogen-bond donors (Lipinski definition) is 1. The van der Waals surface area contributed by atoms with E-state index < -0.39 is 0 Å². The van der Waals surface area contributed by atoms with Gasteiger partial charge in [0, 0.05) is 13.2 Å². The minimum Gasteiger partial charge on any atom is -0.394 e. The fourth-order valence-corrected chi connectivity index (χ4v) is 2.49. The van der Waals surface area contributed by atoms with Gasteiger partial charge in [0.15, 0.2) is 0 Å². The van der Waals surface area contributed by atoms with E-state index in [4.69, 9.17) is 9.84 Å². The summed E-state index contributed by atoms with van der Waals surface area (Å²) in [6.45, 7) is 2.25. The Hall–Kier alpha value is -0.610. The Balaban J connectivity index is 1.93. The smallest absolute Gasteiger partial charge is 0.228 e. The Labute approximate surface area is 90.2 Å². The normalized spacial score (nSPS) is 31.9. The second-order valence-electron chi connectivity index (χ2n) is 4.42. The van der Waals surface area contributed by atoms with Gasteiger partial charge in [-0.1, -0.05) is 0 Å². The second-order valence-corrected chi connectivity index (χ2v) is 4.42. The number of aliphatic hydroxyl groups excluding tert-OH is 1. The Morgan fingerprint density at radius 3 is 2.93 bits per heavy atom. The molecule has 1 amide bonds. The number of amides is 1. The molecule has 0 aliphatic carbocycles. The largest absolute Gasteiger partial charge is 0.394 e. The topological polar surface area (TPSA) is 49.8 Å². The van der Waals surface area contributed by atoms with Crippen molar-refractivity contribution in [3.8, 4) is 0 Å². The van der Waals surface area contributed by atoms with Crippen molar-refractivity contribution < 1.29 is 14.6 Å². The molecule has 1 unspecified atom stereocenters. The minimum absolute atomic E-state index is 0.0332. The summed E-state index contributed by atoms with van der Waals surface area (Å²) < 4.78 is 5.32. The number of carbonyl (C=O) groups excluding carboxylic acids is 1. The second kappa shape index (κ2) is 4.94. The predicted molar refractivity (Wildman–Crippen MR) is 55.4 cm³/mol. The highest BCUT2D eigenvalue weighted by atomic mass is 16.5. The number of rotatable bonds is 2. The lowest BCUT2D eigenvalue weighted by atomic mass is 10.0. The van der Waals surface area contributed by atoms with Crippen LogP contribution < -0.4 is 0 Å². The molecule has 4 heteroatoms.